The normalized spacial score (nSPS) is 13.6. The number of nitrogens with zero attached hydrogens (tertiary/aromatic N) is 1. The summed E-state index contributed by atoms with van der Waals surface area (Å²) in [5, 5.41) is 2.67. The number of furan rings is 1. The smallest absolute Gasteiger partial charge is 0.279 e. The molecule has 0 saturated heterocycles. The van der Waals surface area contributed by atoms with E-state index in [9.17, 15) is 13.2 Å². The molecular weight excluding hydrogens is 294 g/mol. The second-order valence-corrected chi connectivity index (χ2v) is 7.30. The van der Waals surface area contributed by atoms with Crippen LogP contribution in [0.4, 0.5) is 0 Å². The molecule has 0 radical (unpaired) electrons. The Morgan fingerprint density at radius 2 is 2.05 bits per heavy atom. The van der Waals surface area contributed by atoms with Gasteiger partial charge in [-0.1, -0.05) is 13.8 Å². The lowest BCUT2D eigenvalue weighted by Gasteiger charge is -2.22. The number of nitrogens with one attached hydrogen (secondary N) is 2. The molecule has 21 heavy (non-hydrogen) atoms. The topological polar surface area (TPSA) is 91.7 Å². The summed E-state index contributed by atoms with van der Waals surface area (Å²) < 4.78 is 32.3. The minimum Gasteiger partial charge on any atom is -0.467 e. The molecule has 0 spiro atoms. The molecule has 1 atom stereocenters. The van der Waals surface area contributed by atoms with Gasteiger partial charge in [0.15, 0.2) is 0 Å². The molecule has 0 unspecified atom stereocenters. The van der Waals surface area contributed by atoms with E-state index in [0.717, 1.165) is 4.31 Å². The average molecular weight is 317 g/mol. The number of rotatable bonds is 8. The van der Waals surface area contributed by atoms with Crippen molar-refractivity contribution in [3.63, 3.8) is 0 Å². The van der Waals surface area contributed by atoms with Crippen LogP contribution < -0.4 is 10.0 Å². The summed E-state index contributed by atoms with van der Waals surface area (Å²) in [5.41, 5.74) is 0. The average Bonchev–Trinajstić information content (AvgIpc) is 2.87. The van der Waals surface area contributed by atoms with E-state index >= 15 is 0 Å². The van der Waals surface area contributed by atoms with E-state index in [1.54, 1.807) is 12.1 Å². The van der Waals surface area contributed by atoms with Crippen molar-refractivity contribution in [1.82, 2.24) is 14.3 Å². The van der Waals surface area contributed by atoms with E-state index in [0.29, 0.717) is 12.2 Å². The van der Waals surface area contributed by atoms with Crippen LogP contribution in [0, 0.1) is 5.92 Å². The summed E-state index contributed by atoms with van der Waals surface area (Å²) in [7, 11) is -0.837. The zero-order valence-corrected chi connectivity index (χ0v) is 13.6. The fourth-order valence-electron chi connectivity index (χ4n) is 1.68. The number of carbonyl (C=O) groups excluding carboxylic acids is 1. The van der Waals surface area contributed by atoms with Crippen LogP contribution in [0.5, 0.6) is 0 Å². The summed E-state index contributed by atoms with van der Waals surface area (Å²) in [4.78, 5) is 12.2. The Morgan fingerprint density at radius 3 is 2.52 bits per heavy atom. The van der Waals surface area contributed by atoms with Crippen molar-refractivity contribution in [1.29, 1.82) is 0 Å². The van der Waals surface area contributed by atoms with Crippen molar-refractivity contribution < 1.29 is 17.6 Å². The molecule has 1 aromatic rings. The van der Waals surface area contributed by atoms with Crippen LogP contribution >= 0.6 is 0 Å². The minimum absolute atomic E-state index is 0.175. The van der Waals surface area contributed by atoms with Crippen LogP contribution in [0.3, 0.4) is 0 Å². The number of amides is 1. The van der Waals surface area contributed by atoms with Gasteiger partial charge in [-0.3, -0.25) is 4.79 Å². The molecule has 0 bridgehead atoms. The molecule has 1 heterocycles. The summed E-state index contributed by atoms with van der Waals surface area (Å²) in [6.07, 6.45) is 1.93. The standard InChI is InChI=1S/C13H23N3O4S/c1-10(2)8-12(15-21(18,19)16(3)4)13(17)14-9-11-6-5-7-20-11/h5-7,10,12,15H,8-9H2,1-4H3,(H,14,17)/t12-/m0/s1. The van der Waals surface area contributed by atoms with Crippen molar-refractivity contribution in [2.24, 2.45) is 5.92 Å². The Morgan fingerprint density at radius 1 is 1.38 bits per heavy atom. The molecule has 0 aliphatic heterocycles. The first kappa shape index (κ1) is 17.7. The highest BCUT2D eigenvalue weighted by molar-refractivity contribution is 7.87. The summed E-state index contributed by atoms with van der Waals surface area (Å²) in [5.74, 6) is 0.418. The molecule has 0 fully saturated rings. The van der Waals surface area contributed by atoms with E-state index < -0.39 is 16.3 Å². The number of hydrogen-bond acceptors (Lipinski definition) is 4. The third-order valence-corrected chi connectivity index (χ3v) is 4.36. The molecule has 0 saturated carbocycles. The van der Waals surface area contributed by atoms with Gasteiger partial charge < -0.3 is 9.73 Å². The first-order chi connectivity index (χ1) is 9.72. The van der Waals surface area contributed by atoms with Gasteiger partial charge in [-0.15, -0.1) is 0 Å². The maximum Gasteiger partial charge on any atom is 0.279 e. The SMILES string of the molecule is CC(C)C[C@H](NS(=O)(=O)N(C)C)C(=O)NCc1ccco1. The quantitative estimate of drug-likeness (QED) is 0.738. The minimum atomic E-state index is -3.66. The van der Waals surface area contributed by atoms with Crippen LogP contribution in [0.15, 0.2) is 22.8 Å². The Bertz CT molecular complexity index is 538. The zero-order chi connectivity index (χ0) is 16.0. The highest BCUT2D eigenvalue weighted by atomic mass is 32.2. The van der Waals surface area contributed by atoms with E-state index in [4.69, 9.17) is 4.42 Å². The Balaban J connectivity index is 2.70. The Kier molecular flexibility index (Phi) is 6.38. The van der Waals surface area contributed by atoms with Crippen LogP contribution in [0.2, 0.25) is 0 Å². The van der Waals surface area contributed by atoms with Crippen LogP contribution in [0.1, 0.15) is 26.0 Å². The lowest BCUT2D eigenvalue weighted by atomic mass is 10.0. The summed E-state index contributed by atoms with van der Waals surface area (Å²) in [6.45, 7) is 4.08. The van der Waals surface area contributed by atoms with Crippen LogP contribution in [0.25, 0.3) is 0 Å². The number of hydrogen-bond donors (Lipinski definition) is 2. The van der Waals surface area contributed by atoms with Crippen molar-refractivity contribution in [2.45, 2.75) is 32.9 Å². The highest BCUT2D eigenvalue weighted by Crippen LogP contribution is 2.08. The van der Waals surface area contributed by atoms with E-state index in [-0.39, 0.29) is 18.4 Å². The van der Waals surface area contributed by atoms with Crippen LogP contribution in [-0.4, -0.2) is 38.8 Å². The van der Waals surface area contributed by atoms with Crippen molar-refractivity contribution >= 4 is 16.1 Å². The van der Waals surface area contributed by atoms with Crippen molar-refractivity contribution in [3.8, 4) is 0 Å². The van der Waals surface area contributed by atoms with Gasteiger partial charge in [0.2, 0.25) is 5.91 Å². The second kappa shape index (κ2) is 7.58. The van der Waals surface area contributed by atoms with Gasteiger partial charge in [-0.2, -0.15) is 17.4 Å². The molecule has 0 aliphatic rings. The maximum atomic E-state index is 12.2. The third-order valence-electron chi connectivity index (χ3n) is 2.81. The maximum absolute atomic E-state index is 12.2. The predicted octanol–water partition coefficient (Wildman–Crippen LogP) is 0.707. The van der Waals surface area contributed by atoms with Crippen LogP contribution in [-0.2, 0) is 21.5 Å². The van der Waals surface area contributed by atoms with E-state index in [1.807, 2.05) is 13.8 Å². The summed E-state index contributed by atoms with van der Waals surface area (Å²) >= 11 is 0. The molecule has 1 amide bonds. The third kappa shape index (κ3) is 5.86. The fourth-order valence-corrected chi connectivity index (χ4v) is 2.45. The van der Waals surface area contributed by atoms with Crippen molar-refractivity contribution in [2.75, 3.05) is 14.1 Å². The number of carbonyl (C=O) groups is 1. The molecule has 120 valence electrons. The monoisotopic (exact) mass is 317 g/mol. The summed E-state index contributed by atoms with van der Waals surface area (Å²) in [6, 6.07) is 2.65. The van der Waals surface area contributed by atoms with Crippen molar-refractivity contribution in [3.05, 3.63) is 24.2 Å². The van der Waals surface area contributed by atoms with E-state index in [2.05, 4.69) is 10.0 Å². The molecule has 0 aromatic carbocycles. The first-order valence-electron chi connectivity index (χ1n) is 6.72. The molecule has 0 aliphatic carbocycles. The Labute approximate surface area is 125 Å². The van der Waals surface area contributed by atoms with Gasteiger partial charge in [-0.25, -0.2) is 0 Å². The Hall–Kier alpha value is -1.38. The fraction of sp³-hybridized carbons (Fsp3) is 0.615. The van der Waals surface area contributed by atoms with E-state index in [1.165, 1.54) is 20.4 Å². The lowest BCUT2D eigenvalue weighted by Crippen LogP contribution is -2.50. The van der Waals surface area contributed by atoms with Gasteiger partial charge in [0.1, 0.15) is 11.8 Å². The van der Waals surface area contributed by atoms with Gasteiger partial charge in [0.25, 0.3) is 10.2 Å². The predicted molar refractivity (Wildman–Crippen MR) is 79.5 cm³/mol. The molecule has 1 aromatic heterocycles. The zero-order valence-electron chi connectivity index (χ0n) is 12.8. The van der Waals surface area contributed by atoms with Gasteiger partial charge in [-0.05, 0) is 24.5 Å². The molecule has 7 nitrogen and oxygen atoms in total. The lowest BCUT2D eigenvalue weighted by molar-refractivity contribution is -0.123. The molecular formula is C13H23N3O4S. The first-order valence-corrected chi connectivity index (χ1v) is 8.16. The van der Waals surface area contributed by atoms with Gasteiger partial charge >= 0.3 is 0 Å². The highest BCUT2D eigenvalue weighted by Gasteiger charge is 2.26. The molecule has 8 heteroatoms. The molecule has 2 N–H and O–H groups in total. The second-order valence-electron chi connectivity index (χ2n) is 5.38. The molecule has 1 rings (SSSR count). The van der Waals surface area contributed by atoms with Gasteiger partial charge in [0, 0.05) is 14.1 Å². The largest absolute Gasteiger partial charge is 0.467 e. The van der Waals surface area contributed by atoms with Gasteiger partial charge in [0.05, 0.1) is 12.8 Å².